The largest absolute Gasteiger partial charge is 0.399 e. The Bertz CT molecular complexity index is 670. The molecule has 0 bridgehead atoms. The predicted octanol–water partition coefficient (Wildman–Crippen LogP) is 1.45. The standard InChI is InChI=1S/C13H15N3O2S/c1-10-7-12(14)4-5-13(10)19(17,18)16-9-11-3-2-6-15-8-11/h2-8,16H,9,14H2,1H3. The third-order valence-corrected chi connectivity index (χ3v) is 4.24. The molecule has 19 heavy (non-hydrogen) atoms. The number of hydrogen-bond acceptors (Lipinski definition) is 4. The van der Waals surface area contributed by atoms with Crippen LogP contribution >= 0.6 is 0 Å². The summed E-state index contributed by atoms with van der Waals surface area (Å²) in [4.78, 5) is 4.18. The second-order valence-electron chi connectivity index (χ2n) is 4.21. The van der Waals surface area contributed by atoms with E-state index in [2.05, 4.69) is 9.71 Å². The number of pyridine rings is 1. The maximum absolute atomic E-state index is 12.2. The molecule has 100 valence electrons. The van der Waals surface area contributed by atoms with Gasteiger partial charge in [-0.1, -0.05) is 6.07 Å². The summed E-state index contributed by atoms with van der Waals surface area (Å²) in [5.41, 5.74) is 7.59. The van der Waals surface area contributed by atoms with Crippen molar-refractivity contribution in [3.63, 3.8) is 0 Å². The zero-order chi connectivity index (χ0) is 13.9. The van der Waals surface area contributed by atoms with Crippen molar-refractivity contribution in [3.8, 4) is 0 Å². The van der Waals surface area contributed by atoms with E-state index in [0.717, 1.165) is 5.56 Å². The number of aryl methyl sites for hydroxylation is 1. The molecule has 0 atom stereocenters. The van der Waals surface area contributed by atoms with E-state index in [4.69, 9.17) is 5.73 Å². The van der Waals surface area contributed by atoms with Gasteiger partial charge < -0.3 is 5.73 Å². The highest BCUT2D eigenvalue weighted by Crippen LogP contribution is 2.17. The highest BCUT2D eigenvalue weighted by Gasteiger charge is 2.16. The molecule has 0 aliphatic rings. The summed E-state index contributed by atoms with van der Waals surface area (Å²) < 4.78 is 26.9. The molecule has 0 radical (unpaired) electrons. The van der Waals surface area contributed by atoms with E-state index in [1.54, 1.807) is 37.5 Å². The summed E-state index contributed by atoms with van der Waals surface area (Å²) in [6.07, 6.45) is 3.26. The van der Waals surface area contributed by atoms with Crippen molar-refractivity contribution in [3.05, 3.63) is 53.9 Å². The van der Waals surface area contributed by atoms with Crippen molar-refractivity contribution in [1.82, 2.24) is 9.71 Å². The van der Waals surface area contributed by atoms with Gasteiger partial charge in [0, 0.05) is 24.6 Å². The number of anilines is 1. The van der Waals surface area contributed by atoms with E-state index in [1.165, 1.54) is 6.07 Å². The van der Waals surface area contributed by atoms with E-state index < -0.39 is 10.0 Å². The van der Waals surface area contributed by atoms with Crippen LogP contribution in [0.1, 0.15) is 11.1 Å². The molecule has 1 heterocycles. The molecule has 2 aromatic rings. The van der Waals surface area contributed by atoms with E-state index in [-0.39, 0.29) is 11.4 Å². The Labute approximate surface area is 112 Å². The topological polar surface area (TPSA) is 85.1 Å². The lowest BCUT2D eigenvalue weighted by molar-refractivity contribution is 0.580. The zero-order valence-corrected chi connectivity index (χ0v) is 11.3. The van der Waals surface area contributed by atoms with Gasteiger partial charge >= 0.3 is 0 Å². The molecular weight excluding hydrogens is 262 g/mol. The summed E-state index contributed by atoms with van der Waals surface area (Å²) in [5, 5.41) is 0. The van der Waals surface area contributed by atoms with Gasteiger partial charge in [-0.2, -0.15) is 0 Å². The van der Waals surface area contributed by atoms with Crippen molar-refractivity contribution in [1.29, 1.82) is 0 Å². The Morgan fingerprint density at radius 3 is 2.74 bits per heavy atom. The van der Waals surface area contributed by atoms with Gasteiger partial charge in [0.1, 0.15) is 0 Å². The van der Waals surface area contributed by atoms with Gasteiger partial charge in [-0.05, 0) is 42.3 Å². The number of aromatic nitrogens is 1. The van der Waals surface area contributed by atoms with Gasteiger partial charge in [-0.3, -0.25) is 4.98 Å². The smallest absolute Gasteiger partial charge is 0.241 e. The molecule has 0 aliphatic carbocycles. The Balaban J connectivity index is 2.19. The fraction of sp³-hybridized carbons (Fsp3) is 0.154. The minimum Gasteiger partial charge on any atom is -0.399 e. The molecule has 6 heteroatoms. The Hall–Kier alpha value is -1.92. The number of nitrogen functional groups attached to an aromatic ring is 1. The second kappa shape index (κ2) is 5.38. The molecular formula is C13H15N3O2S. The average Bonchev–Trinajstić information content (AvgIpc) is 2.37. The van der Waals surface area contributed by atoms with E-state index in [9.17, 15) is 8.42 Å². The molecule has 0 spiro atoms. The number of rotatable bonds is 4. The van der Waals surface area contributed by atoms with Crippen LogP contribution in [0.4, 0.5) is 5.69 Å². The van der Waals surface area contributed by atoms with Crippen molar-refractivity contribution >= 4 is 15.7 Å². The van der Waals surface area contributed by atoms with E-state index in [1.807, 2.05) is 6.07 Å². The zero-order valence-electron chi connectivity index (χ0n) is 10.5. The van der Waals surface area contributed by atoms with Crippen LogP contribution in [0.3, 0.4) is 0 Å². The van der Waals surface area contributed by atoms with Gasteiger partial charge in [0.05, 0.1) is 4.90 Å². The summed E-state index contributed by atoms with van der Waals surface area (Å²) in [5.74, 6) is 0. The van der Waals surface area contributed by atoms with Crippen LogP contribution < -0.4 is 10.5 Å². The fourth-order valence-corrected chi connectivity index (χ4v) is 2.98. The quantitative estimate of drug-likeness (QED) is 0.828. The van der Waals surface area contributed by atoms with Crippen LogP contribution in [0.25, 0.3) is 0 Å². The molecule has 0 saturated heterocycles. The summed E-state index contributed by atoms with van der Waals surface area (Å²) in [6.45, 7) is 1.93. The molecule has 0 saturated carbocycles. The van der Waals surface area contributed by atoms with Crippen LogP contribution in [0.2, 0.25) is 0 Å². The monoisotopic (exact) mass is 277 g/mol. The second-order valence-corrected chi connectivity index (χ2v) is 5.95. The van der Waals surface area contributed by atoms with Crippen LogP contribution in [-0.4, -0.2) is 13.4 Å². The lowest BCUT2D eigenvalue weighted by Gasteiger charge is -2.09. The predicted molar refractivity (Wildman–Crippen MR) is 73.9 cm³/mol. The number of nitrogens with two attached hydrogens (primary N) is 1. The van der Waals surface area contributed by atoms with Gasteiger partial charge in [0.25, 0.3) is 0 Å². The van der Waals surface area contributed by atoms with Crippen LogP contribution in [-0.2, 0) is 16.6 Å². The maximum Gasteiger partial charge on any atom is 0.241 e. The lowest BCUT2D eigenvalue weighted by atomic mass is 10.2. The molecule has 1 aromatic heterocycles. The number of nitrogens with one attached hydrogen (secondary N) is 1. The van der Waals surface area contributed by atoms with Gasteiger partial charge in [0.15, 0.2) is 0 Å². The van der Waals surface area contributed by atoms with Gasteiger partial charge in [-0.15, -0.1) is 0 Å². The molecule has 0 amide bonds. The van der Waals surface area contributed by atoms with Crippen LogP contribution in [0.15, 0.2) is 47.6 Å². The van der Waals surface area contributed by atoms with Gasteiger partial charge in [0.2, 0.25) is 10.0 Å². The first-order valence-corrected chi connectivity index (χ1v) is 7.22. The number of nitrogens with zero attached hydrogens (tertiary/aromatic N) is 1. The Morgan fingerprint density at radius 2 is 2.11 bits per heavy atom. The third kappa shape index (κ3) is 3.30. The molecule has 3 N–H and O–H groups in total. The van der Waals surface area contributed by atoms with Gasteiger partial charge in [-0.25, -0.2) is 13.1 Å². The summed E-state index contributed by atoms with van der Waals surface area (Å²) in [6, 6.07) is 8.30. The normalized spacial score (nSPS) is 11.4. The van der Waals surface area contributed by atoms with E-state index >= 15 is 0 Å². The highest BCUT2D eigenvalue weighted by molar-refractivity contribution is 7.89. The molecule has 2 rings (SSSR count). The third-order valence-electron chi connectivity index (χ3n) is 2.68. The highest BCUT2D eigenvalue weighted by atomic mass is 32.2. The van der Waals surface area contributed by atoms with Crippen molar-refractivity contribution in [2.24, 2.45) is 0 Å². The van der Waals surface area contributed by atoms with Crippen LogP contribution in [0, 0.1) is 6.92 Å². The number of benzene rings is 1. The van der Waals surface area contributed by atoms with E-state index in [0.29, 0.717) is 11.3 Å². The SMILES string of the molecule is Cc1cc(N)ccc1S(=O)(=O)NCc1cccnc1. The maximum atomic E-state index is 12.2. The average molecular weight is 277 g/mol. The first-order chi connectivity index (χ1) is 8.99. The Morgan fingerprint density at radius 1 is 1.32 bits per heavy atom. The van der Waals surface area contributed by atoms with Crippen molar-refractivity contribution in [2.75, 3.05) is 5.73 Å². The first-order valence-electron chi connectivity index (χ1n) is 5.74. The summed E-state index contributed by atoms with van der Waals surface area (Å²) >= 11 is 0. The molecule has 5 nitrogen and oxygen atoms in total. The lowest BCUT2D eigenvalue weighted by Crippen LogP contribution is -2.24. The molecule has 0 fully saturated rings. The van der Waals surface area contributed by atoms with Crippen molar-refractivity contribution < 1.29 is 8.42 Å². The fourth-order valence-electron chi connectivity index (χ4n) is 1.73. The summed E-state index contributed by atoms with van der Waals surface area (Å²) in [7, 11) is -3.54. The molecule has 0 aliphatic heterocycles. The minimum absolute atomic E-state index is 0.208. The van der Waals surface area contributed by atoms with Crippen molar-refractivity contribution in [2.45, 2.75) is 18.4 Å². The molecule has 0 unspecified atom stereocenters. The first kappa shape index (κ1) is 13.5. The number of sulfonamides is 1. The van der Waals surface area contributed by atoms with Crippen LogP contribution in [0.5, 0.6) is 0 Å². The number of hydrogen-bond donors (Lipinski definition) is 2. The Kier molecular flexibility index (Phi) is 3.82. The minimum atomic E-state index is -3.54. The molecule has 1 aromatic carbocycles.